The molecule has 0 atom stereocenters. The topological polar surface area (TPSA) is 30.5 Å². The van der Waals surface area contributed by atoms with E-state index in [1.54, 1.807) is 0 Å². The molecule has 98 valence electrons. The van der Waals surface area contributed by atoms with E-state index < -0.39 is 0 Å². The lowest BCUT2D eigenvalue weighted by Gasteiger charge is -2.09. The Balaban J connectivity index is 1.72. The number of benzene rings is 2. The predicted octanol–water partition coefficient (Wildman–Crippen LogP) is 3.99. The average Bonchev–Trinajstić information content (AvgIpc) is 2.85. The van der Waals surface area contributed by atoms with Crippen LogP contribution in [0, 0.1) is 6.92 Å². The monoisotopic (exact) mass is 275 g/mol. The van der Waals surface area contributed by atoms with Crippen molar-refractivity contribution in [3.8, 4) is 11.5 Å². The highest BCUT2D eigenvalue weighted by molar-refractivity contribution is 6.31. The predicted molar refractivity (Wildman–Crippen MR) is 76.1 cm³/mol. The van der Waals surface area contributed by atoms with Crippen molar-refractivity contribution in [1.29, 1.82) is 0 Å². The number of nitrogens with one attached hydrogen (secondary N) is 1. The average molecular weight is 276 g/mol. The third-order valence-electron chi connectivity index (χ3n) is 3.06. The zero-order chi connectivity index (χ0) is 13.2. The molecule has 19 heavy (non-hydrogen) atoms. The van der Waals surface area contributed by atoms with Crippen molar-refractivity contribution in [2.45, 2.75) is 13.5 Å². The molecule has 0 aliphatic carbocycles. The molecule has 0 saturated carbocycles. The van der Waals surface area contributed by atoms with Gasteiger partial charge in [0.05, 0.1) is 0 Å². The van der Waals surface area contributed by atoms with Crippen LogP contribution >= 0.6 is 11.6 Å². The summed E-state index contributed by atoms with van der Waals surface area (Å²) in [5.74, 6) is 1.57. The maximum absolute atomic E-state index is 6.20. The van der Waals surface area contributed by atoms with Gasteiger partial charge in [0.25, 0.3) is 0 Å². The molecule has 0 amide bonds. The van der Waals surface area contributed by atoms with Crippen LogP contribution < -0.4 is 14.8 Å². The molecular formula is C15H14ClNO2. The molecule has 0 bridgehead atoms. The number of hydrogen-bond acceptors (Lipinski definition) is 3. The Bertz CT molecular complexity index is 613. The van der Waals surface area contributed by atoms with Gasteiger partial charge in [0.1, 0.15) is 0 Å². The number of halogens is 1. The van der Waals surface area contributed by atoms with Gasteiger partial charge >= 0.3 is 0 Å². The molecule has 3 nitrogen and oxygen atoms in total. The Morgan fingerprint density at radius 2 is 1.95 bits per heavy atom. The minimum absolute atomic E-state index is 0.294. The molecule has 1 heterocycles. The summed E-state index contributed by atoms with van der Waals surface area (Å²) in [6.07, 6.45) is 0. The Labute approximate surface area is 117 Å². The van der Waals surface area contributed by atoms with Crippen LogP contribution in [0.25, 0.3) is 0 Å². The van der Waals surface area contributed by atoms with Crippen LogP contribution in [0.2, 0.25) is 5.02 Å². The van der Waals surface area contributed by atoms with Crippen molar-refractivity contribution in [3.63, 3.8) is 0 Å². The second-order valence-electron chi connectivity index (χ2n) is 4.52. The molecule has 0 aromatic heterocycles. The maximum atomic E-state index is 6.20. The van der Waals surface area contributed by atoms with Gasteiger partial charge in [-0.2, -0.15) is 0 Å². The Hall–Kier alpha value is -1.87. The zero-order valence-corrected chi connectivity index (χ0v) is 11.3. The molecular weight excluding hydrogens is 262 g/mol. The van der Waals surface area contributed by atoms with E-state index in [2.05, 4.69) is 11.4 Å². The second kappa shape index (κ2) is 5.02. The summed E-state index contributed by atoms with van der Waals surface area (Å²) >= 11 is 6.20. The summed E-state index contributed by atoms with van der Waals surface area (Å²) in [6, 6.07) is 11.9. The highest BCUT2D eigenvalue weighted by Crippen LogP contribution is 2.34. The van der Waals surface area contributed by atoms with Crippen molar-refractivity contribution < 1.29 is 9.47 Å². The van der Waals surface area contributed by atoms with Crippen LogP contribution in [0.5, 0.6) is 11.5 Å². The summed E-state index contributed by atoms with van der Waals surface area (Å²) < 4.78 is 10.6. The number of hydrogen-bond donors (Lipinski definition) is 1. The first kappa shape index (κ1) is 12.2. The first-order valence-electron chi connectivity index (χ1n) is 6.11. The number of rotatable bonds is 3. The largest absolute Gasteiger partial charge is 0.454 e. The summed E-state index contributed by atoms with van der Waals surface area (Å²) in [4.78, 5) is 0. The van der Waals surface area contributed by atoms with E-state index in [4.69, 9.17) is 21.1 Å². The van der Waals surface area contributed by atoms with Crippen LogP contribution in [-0.2, 0) is 6.54 Å². The van der Waals surface area contributed by atoms with E-state index >= 15 is 0 Å². The van der Waals surface area contributed by atoms with Crippen molar-refractivity contribution in [1.82, 2.24) is 0 Å². The van der Waals surface area contributed by atoms with Crippen LogP contribution in [0.4, 0.5) is 5.69 Å². The van der Waals surface area contributed by atoms with Crippen molar-refractivity contribution >= 4 is 17.3 Å². The molecule has 0 saturated heterocycles. The van der Waals surface area contributed by atoms with Crippen LogP contribution in [0.3, 0.4) is 0 Å². The summed E-state index contributed by atoms with van der Waals surface area (Å²) in [5.41, 5.74) is 3.22. The summed E-state index contributed by atoms with van der Waals surface area (Å²) in [5, 5.41) is 4.12. The number of anilines is 1. The maximum Gasteiger partial charge on any atom is 0.231 e. The van der Waals surface area contributed by atoms with E-state index in [1.807, 2.05) is 37.3 Å². The Morgan fingerprint density at radius 3 is 2.79 bits per heavy atom. The highest BCUT2D eigenvalue weighted by atomic mass is 35.5. The van der Waals surface area contributed by atoms with Crippen molar-refractivity contribution in [3.05, 3.63) is 52.5 Å². The minimum atomic E-state index is 0.294. The molecule has 1 aliphatic heterocycles. The van der Waals surface area contributed by atoms with Gasteiger partial charge in [-0.05, 0) is 36.2 Å². The molecule has 0 unspecified atom stereocenters. The van der Waals surface area contributed by atoms with E-state index in [-0.39, 0.29) is 0 Å². The smallest absolute Gasteiger partial charge is 0.231 e. The van der Waals surface area contributed by atoms with Crippen molar-refractivity contribution in [2.75, 3.05) is 12.1 Å². The standard InChI is InChI=1S/C15H14ClNO2/c1-10-2-3-11(13(16)6-10)8-17-12-4-5-14-15(7-12)19-9-18-14/h2-7,17H,8-9H2,1H3. The Morgan fingerprint density at radius 1 is 1.11 bits per heavy atom. The lowest BCUT2D eigenvalue weighted by atomic mass is 10.1. The van der Waals surface area contributed by atoms with E-state index in [0.717, 1.165) is 33.3 Å². The quantitative estimate of drug-likeness (QED) is 0.919. The zero-order valence-electron chi connectivity index (χ0n) is 10.6. The van der Waals surface area contributed by atoms with Gasteiger partial charge in [0.15, 0.2) is 11.5 Å². The molecule has 0 spiro atoms. The summed E-state index contributed by atoms with van der Waals surface area (Å²) in [6.45, 7) is 3.00. The fourth-order valence-electron chi connectivity index (χ4n) is 2.00. The van der Waals surface area contributed by atoms with Crippen molar-refractivity contribution in [2.24, 2.45) is 0 Å². The van der Waals surface area contributed by atoms with Crippen LogP contribution in [-0.4, -0.2) is 6.79 Å². The van der Waals surface area contributed by atoms with Gasteiger partial charge in [0, 0.05) is 23.3 Å². The normalized spacial score (nSPS) is 12.5. The lowest BCUT2D eigenvalue weighted by molar-refractivity contribution is 0.174. The minimum Gasteiger partial charge on any atom is -0.454 e. The van der Waals surface area contributed by atoms with Gasteiger partial charge in [-0.15, -0.1) is 0 Å². The highest BCUT2D eigenvalue weighted by Gasteiger charge is 2.13. The van der Waals surface area contributed by atoms with Gasteiger partial charge in [-0.25, -0.2) is 0 Å². The van der Waals surface area contributed by atoms with E-state index in [9.17, 15) is 0 Å². The molecule has 4 heteroatoms. The van der Waals surface area contributed by atoms with Gasteiger partial charge in [0.2, 0.25) is 6.79 Å². The number of fused-ring (bicyclic) bond motifs is 1. The molecule has 1 aliphatic rings. The molecule has 2 aromatic rings. The third kappa shape index (κ3) is 2.61. The second-order valence-corrected chi connectivity index (χ2v) is 4.92. The number of aryl methyl sites for hydroxylation is 1. The van der Waals surface area contributed by atoms with Gasteiger partial charge in [-0.3, -0.25) is 0 Å². The fourth-order valence-corrected chi connectivity index (χ4v) is 2.30. The van der Waals surface area contributed by atoms with Gasteiger partial charge in [-0.1, -0.05) is 23.7 Å². The SMILES string of the molecule is Cc1ccc(CNc2ccc3c(c2)OCO3)c(Cl)c1. The van der Waals surface area contributed by atoms with Crippen LogP contribution in [0.15, 0.2) is 36.4 Å². The molecule has 1 N–H and O–H groups in total. The molecule has 0 fully saturated rings. The van der Waals surface area contributed by atoms with Gasteiger partial charge < -0.3 is 14.8 Å². The number of ether oxygens (including phenoxy) is 2. The Kier molecular flexibility index (Phi) is 3.22. The first-order chi connectivity index (χ1) is 9.22. The summed E-state index contributed by atoms with van der Waals surface area (Å²) in [7, 11) is 0. The third-order valence-corrected chi connectivity index (χ3v) is 3.42. The molecule has 0 radical (unpaired) electrons. The van der Waals surface area contributed by atoms with E-state index in [0.29, 0.717) is 13.3 Å². The molecule has 3 rings (SSSR count). The first-order valence-corrected chi connectivity index (χ1v) is 6.49. The fraction of sp³-hybridized carbons (Fsp3) is 0.200. The molecule has 2 aromatic carbocycles. The van der Waals surface area contributed by atoms with Crippen LogP contribution in [0.1, 0.15) is 11.1 Å². The lowest BCUT2D eigenvalue weighted by Crippen LogP contribution is -2.00. The van der Waals surface area contributed by atoms with E-state index in [1.165, 1.54) is 0 Å².